The van der Waals surface area contributed by atoms with Gasteiger partial charge >= 0.3 is 0 Å². The maximum absolute atomic E-state index is 5.97. The third kappa shape index (κ3) is 4.26. The molecule has 134 valence electrons. The van der Waals surface area contributed by atoms with Gasteiger partial charge in [0.25, 0.3) is 0 Å². The number of halogens is 1. The van der Waals surface area contributed by atoms with Crippen molar-refractivity contribution in [2.24, 2.45) is 5.92 Å². The monoisotopic (exact) mass is 368 g/mol. The molecular weight excluding hydrogens is 348 g/mol. The van der Waals surface area contributed by atoms with Gasteiger partial charge in [-0.1, -0.05) is 23.7 Å². The number of hydrogen-bond acceptors (Lipinski definition) is 5. The molecule has 0 radical (unpaired) electrons. The molecule has 1 aliphatic heterocycles. The molecule has 2 aromatic heterocycles. The van der Waals surface area contributed by atoms with E-state index in [4.69, 9.17) is 11.6 Å². The predicted octanol–water partition coefficient (Wildman–Crippen LogP) is 3.30. The normalized spacial score (nSPS) is 18.1. The highest BCUT2D eigenvalue weighted by Gasteiger charge is 2.21. The van der Waals surface area contributed by atoms with E-state index in [1.807, 2.05) is 24.3 Å². The summed E-state index contributed by atoms with van der Waals surface area (Å²) in [6, 6.07) is 11.9. The Bertz CT molecular complexity index is 833. The third-order valence-corrected chi connectivity index (χ3v) is 4.97. The first-order valence-corrected chi connectivity index (χ1v) is 9.29. The molecule has 0 amide bonds. The first-order chi connectivity index (χ1) is 12.8. The van der Waals surface area contributed by atoms with E-state index in [1.165, 1.54) is 18.4 Å². The van der Waals surface area contributed by atoms with Crippen molar-refractivity contribution in [2.75, 3.05) is 13.1 Å². The standard InChI is InChI=1S/C19H21ClN6/c20-18-7-5-15(6-8-18)12-25-10-2-3-16(13-25)14-26-23-19(22-24-26)17-4-1-9-21-11-17/h1,4-9,11,16H,2-3,10,12-14H2/t16-/m1/s1. The summed E-state index contributed by atoms with van der Waals surface area (Å²) in [7, 11) is 0. The molecule has 0 aliphatic carbocycles. The van der Waals surface area contributed by atoms with Gasteiger partial charge in [0.2, 0.25) is 5.82 Å². The van der Waals surface area contributed by atoms with Gasteiger partial charge in [-0.15, -0.1) is 10.2 Å². The molecule has 0 unspecified atom stereocenters. The number of likely N-dealkylation sites (tertiary alicyclic amines) is 1. The molecule has 4 rings (SSSR count). The number of hydrogen-bond donors (Lipinski definition) is 0. The average molecular weight is 369 g/mol. The van der Waals surface area contributed by atoms with Gasteiger partial charge in [0.05, 0.1) is 6.54 Å². The number of tetrazole rings is 1. The van der Waals surface area contributed by atoms with Crippen molar-refractivity contribution in [1.29, 1.82) is 0 Å². The minimum atomic E-state index is 0.534. The summed E-state index contributed by atoms with van der Waals surface area (Å²) in [5.74, 6) is 1.17. The average Bonchev–Trinajstić information content (AvgIpc) is 3.13. The van der Waals surface area contributed by atoms with Crippen molar-refractivity contribution in [3.8, 4) is 11.4 Å². The van der Waals surface area contributed by atoms with E-state index in [0.717, 1.165) is 36.8 Å². The van der Waals surface area contributed by atoms with E-state index >= 15 is 0 Å². The second-order valence-corrected chi connectivity index (χ2v) is 7.22. The Hall–Kier alpha value is -2.31. The zero-order valence-electron chi connectivity index (χ0n) is 14.5. The summed E-state index contributed by atoms with van der Waals surface area (Å²) in [6.07, 6.45) is 5.89. The van der Waals surface area contributed by atoms with Crippen molar-refractivity contribution < 1.29 is 0 Å². The zero-order valence-corrected chi connectivity index (χ0v) is 15.3. The van der Waals surface area contributed by atoms with Crippen LogP contribution in [0.2, 0.25) is 5.02 Å². The Morgan fingerprint density at radius 1 is 1.15 bits per heavy atom. The van der Waals surface area contributed by atoms with Crippen LogP contribution in [-0.4, -0.2) is 43.2 Å². The maximum atomic E-state index is 5.97. The van der Waals surface area contributed by atoms with Crippen molar-refractivity contribution in [3.63, 3.8) is 0 Å². The topological polar surface area (TPSA) is 59.7 Å². The van der Waals surface area contributed by atoms with Crippen molar-refractivity contribution in [1.82, 2.24) is 30.1 Å². The van der Waals surface area contributed by atoms with Gasteiger partial charge in [-0.2, -0.15) is 4.80 Å². The number of rotatable bonds is 5. The van der Waals surface area contributed by atoms with Gasteiger partial charge in [-0.25, -0.2) is 0 Å². The molecule has 1 aromatic carbocycles. The van der Waals surface area contributed by atoms with Gasteiger partial charge in [0.1, 0.15) is 0 Å². The van der Waals surface area contributed by atoms with Crippen LogP contribution in [0.15, 0.2) is 48.8 Å². The minimum Gasteiger partial charge on any atom is -0.299 e. The fraction of sp³-hybridized carbons (Fsp3) is 0.368. The van der Waals surface area contributed by atoms with Crippen LogP contribution in [0.1, 0.15) is 18.4 Å². The molecule has 3 aromatic rings. The van der Waals surface area contributed by atoms with Gasteiger partial charge < -0.3 is 0 Å². The van der Waals surface area contributed by atoms with Gasteiger partial charge in [-0.3, -0.25) is 9.88 Å². The summed E-state index contributed by atoms with van der Waals surface area (Å²) in [5.41, 5.74) is 2.19. The Kier molecular flexibility index (Phi) is 5.22. The van der Waals surface area contributed by atoms with E-state index in [-0.39, 0.29) is 0 Å². The van der Waals surface area contributed by atoms with Crippen LogP contribution in [0.3, 0.4) is 0 Å². The second kappa shape index (κ2) is 7.93. The van der Waals surface area contributed by atoms with Crippen LogP contribution < -0.4 is 0 Å². The number of piperidine rings is 1. The Labute approximate surface area is 157 Å². The molecule has 0 bridgehead atoms. The molecule has 1 atom stereocenters. The van der Waals surface area contributed by atoms with E-state index < -0.39 is 0 Å². The van der Waals surface area contributed by atoms with E-state index in [0.29, 0.717) is 11.7 Å². The molecule has 7 heteroatoms. The smallest absolute Gasteiger partial charge is 0.206 e. The fourth-order valence-corrected chi connectivity index (χ4v) is 3.58. The summed E-state index contributed by atoms with van der Waals surface area (Å²) < 4.78 is 0. The SMILES string of the molecule is Clc1ccc(CN2CCC[C@@H](Cn3nnc(-c4cccnc4)n3)C2)cc1. The van der Waals surface area contributed by atoms with E-state index in [1.54, 1.807) is 17.2 Å². The van der Waals surface area contributed by atoms with Crippen LogP contribution in [-0.2, 0) is 13.1 Å². The van der Waals surface area contributed by atoms with Crippen molar-refractivity contribution in [2.45, 2.75) is 25.9 Å². The Balaban J connectivity index is 1.36. The number of benzene rings is 1. The quantitative estimate of drug-likeness (QED) is 0.691. The highest BCUT2D eigenvalue weighted by molar-refractivity contribution is 6.30. The van der Waals surface area contributed by atoms with Crippen LogP contribution in [0.5, 0.6) is 0 Å². The van der Waals surface area contributed by atoms with Gasteiger partial charge in [0, 0.05) is 36.1 Å². The second-order valence-electron chi connectivity index (χ2n) is 6.78. The molecule has 1 aliphatic rings. The molecule has 3 heterocycles. The maximum Gasteiger partial charge on any atom is 0.206 e. The van der Waals surface area contributed by atoms with Crippen LogP contribution >= 0.6 is 11.6 Å². The lowest BCUT2D eigenvalue weighted by Gasteiger charge is -2.32. The molecule has 1 saturated heterocycles. The van der Waals surface area contributed by atoms with Gasteiger partial charge in [0.15, 0.2) is 0 Å². The third-order valence-electron chi connectivity index (χ3n) is 4.72. The summed E-state index contributed by atoms with van der Waals surface area (Å²) in [6.45, 7) is 3.93. The van der Waals surface area contributed by atoms with Gasteiger partial charge in [-0.05, 0) is 60.3 Å². The summed E-state index contributed by atoms with van der Waals surface area (Å²) in [4.78, 5) is 8.33. The first kappa shape index (κ1) is 17.1. The molecule has 6 nitrogen and oxygen atoms in total. The molecule has 0 spiro atoms. The molecule has 0 saturated carbocycles. The molecule has 1 fully saturated rings. The fourth-order valence-electron chi connectivity index (χ4n) is 3.45. The Morgan fingerprint density at radius 3 is 2.85 bits per heavy atom. The summed E-state index contributed by atoms with van der Waals surface area (Å²) >= 11 is 5.97. The van der Waals surface area contributed by atoms with Crippen molar-refractivity contribution in [3.05, 3.63) is 59.4 Å². The minimum absolute atomic E-state index is 0.534. The van der Waals surface area contributed by atoms with Crippen LogP contribution in [0.4, 0.5) is 0 Å². The number of aromatic nitrogens is 5. The highest BCUT2D eigenvalue weighted by Crippen LogP contribution is 2.21. The lowest BCUT2D eigenvalue weighted by atomic mass is 9.97. The molecule has 26 heavy (non-hydrogen) atoms. The summed E-state index contributed by atoms with van der Waals surface area (Å²) in [5, 5.41) is 13.7. The van der Waals surface area contributed by atoms with E-state index in [2.05, 4.69) is 37.4 Å². The van der Waals surface area contributed by atoms with E-state index in [9.17, 15) is 0 Å². The van der Waals surface area contributed by atoms with Crippen molar-refractivity contribution >= 4 is 11.6 Å². The number of nitrogens with zero attached hydrogens (tertiary/aromatic N) is 6. The molecule has 0 N–H and O–H groups in total. The first-order valence-electron chi connectivity index (χ1n) is 8.91. The molecular formula is C19H21ClN6. The lowest BCUT2D eigenvalue weighted by Crippen LogP contribution is -2.36. The highest BCUT2D eigenvalue weighted by atomic mass is 35.5. The Morgan fingerprint density at radius 2 is 2.04 bits per heavy atom. The zero-order chi connectivity index (χ0) is 17.8. The largest absolute Gasteiger partial charge is 0.299 e. The van der Waals surface area contributed by atoms with Crippen LogP contribution in [0.25, 0.3) is 11.4 Å². The van der Waals surface area contributed by atoms with Crippen LogP contribution in [0, 0.1) is 5.92 Å². The number of pyridine rings is 1. The predicted molar refractivity (Wildman–Crippen MR) is 101 cm³/mol. The lowest BCUT2D eigenvalue weighted by molar-refractivity contribution is 0.149.